The molecule has 7 nitrogen and oxygen atoms in total. The molecule has 1 N–H and O–H groups in total. The number of carbonyl (C=O) groups excluding carboxylic acids is 1. The second kappa shape index (κ2) is 6.68. The minimum Gasteiger partial charge on any atom is -0.479 e. The van der Waals surface area contributed by atoms with Crippen LogP contribution in [0.4, 0.5) is 0 Å². The summed E-state index contributed by atoms with van der Waals surface area (Å²) in [5.41, 5.74) is -0.516. The van der Waals surface area contributed by atoms with Crippen LogP contribution >= 0.6 is 0 Å². The Labute approximate surface area is 145 Å². The first-order chi connectivity index (χ1) is 12.0. The largest absolute Gasteiger partial charge is 0.479 e. The first kappa shape index (κ1) is 17.2. The Balaban J connectivity index is 2.03. The summed E-state index contributed by atoms with van der Waals surface area (Å²) in [5.74, 6) is -0.810. The molecule has 1 aliphatic heterocycles. The number of oxazole rings is 1. The number of carboxylic acids is 1. The number of carboxylic acid groups (broad SMARTS) is 1. The van der Waals surface area contributed by atoms with Gasteiger partial charge in [0.25, 0.3) is 5.91 Å². The molecule has 1 amide bonds. The summed E-state index contributed by atoms with van der Waals surface area (Å²) in [4.78, 5) is 30.6. The number of aromatic nitrogens is 1. The minimum atomic E-state index is -1.37. The fourth-order valence-corrected chi connectivity index (χ4v) is 3.33. The number of benzene rings is 1. The van der Waals surface area contributed by atoms with E-state index in [0.717, 1.165) is 5.56 Å². The lowest BCUT2D eigenvalue weighted by Crippen LogP contribution is -2.56. The van der Waals surface area contributed by atoms with Gasteiger partial charge >= 0.3 is 5.97 Å². The van der Waals surface area contributed by atoms with Crippen LogP contribution in [-0.4, -0.2) is 52.7 Å². The topological polar surface area (TPSA) is 92.9 Å². The smallest absolute Gasteiger partial charge is 0.332 e. The number of nitrogens with zero attached hydrogens (tertiary/aromatic N) is 2. The van der Waals surface area contributed by atoms with Crippen molar-refractivity contribution in [2.24, 2.45) is 0 Å². The molecule has 0 saturated carbocycles. The first-order valence-electron chi connectivity index (χ1n) is 8.07. The molecule has 0 radical (unpaired) electrons. The van der Waals surface area contributed by atoms with Crippen molar-refractivity contribution in [1.29, 1.82) is 0 Å². The van der Waals surface area contributed by atoms with E-state index in [1.165, 1.54) is 12.0 Å². The summed E-state index contributed by atoms with van der Waals surface area (Å²) < 4.78 is 10.7. The Morgan fingerprint density at radius 2 is 2.08 bits per heavy atom. The average Bonchev–Trinajstić information content (AvgIpc) is 3.20. The van der Waals surface area contributed by atoms with Gasteiger partial charge in [-0.2, -0.15) is 0 Å². The van der Waals surface area contributed by atoms with Gasteiger partial charge in [-0.25, -0.2) is 9.78 Å². The maximum absolute atomic E-state index is 13.1. The predicted octanol–water partition coefficient (Wildman–Crippen LogP) is 2.36. The van der Waals surface area contributed by atoms with Gasteiger partial charge in [0, 0.05) is 26.1 Å². The summed E-state index contributed by atoms with van der Waals surface area (Å²) >= 11 is 0. The standard InChI is InChI=1S/C18H20N2O5/c1-12-19-14(15(25-12)13-7-4-3-5-8-13)16(21)20-10-6-9-18(20,11-24-2)17(22)23/h3-5,7-8H,6,9-11H2,1-2H3,(H,22,23). The zero-order valence-corrected chi connectivity index (χ0v) is 14.2. The van der Waals surface area contributed by atoms with E-state index in [2.05, 4.69) is 4.98 Å². The van der Waals surface area contributed by atoms with Crippen molar-refractivity contribution in [1.82, 2.24) is 9.88 Å². The number of aliphatic carboxylic acids is 1. The van der Waals surface area contributed by atoms with Crippen molar-refractivity contribution in [3.63, 3.8) is 0 Å². The van der Waals surface area contributed by atoms with E-state index in [1.54, 1.807) is 6.92 Å². The molecule has 1 aliphatic rings. The molecule has 0 aliphatic carbocycles. The van der Waals surface area contributed by atoms with Crippen molar-refractivity contribution in [3.8, 4) is 11.3 Å². The van der Waals surface area contributed by atoms with Gasteiger partial charge in [0.2, 0.25) is 0 Å². The maximum Gasteiger partial charge on any atom is 0.332 e. The van der Waals surface area contributed by atoms with Crippen LogP contribution < -0.4 is 0 Å². The third kappa shape index (κ3) is 2.91. The molecule has 1 unspecified atom stereocenters. The van der Waals surface area contributed by atoms with Crippen LogP contribution in [-0.2, 0) is 9.53 Å². The van der Waals surface area contributed by atoms with Gasteiger partial charge in [0.15, 0.2) is 22.9 Å². The van der Waals surface area contributed by atoms with Crippen LogP contribution in [0.15, 0.2) is 34.7 Å². The van der Waals surface area contributed by atoms with Gasteiger partial charge in [-0.1, -0.05) is 30.3 Å². The van der Waals surface area contributed by atoms with Crippen LogP contribution in [0, 0.1) is 6.92 Å². The minimum absolute atomic E-state index is 0.0639. The van der Waals surface area contributed by atoms with Crippen LogP contribution in [0.25, 0.3) is 11.3 Å². The lowest BCUT2D eigenvalue weighted by Gasteiger charge is -2.33. The van der Waals surface area contributed by atoms with Gasteiger partial charge in [0.1, 0.15) is 0 Å². The Morgan fingerprint density at radius 1 is 1.36 bits per heavy atom. The summed E-state index contributed by atoms with van der Waals surface area (Å²) in [5, 5.41) is 9.73. The molecule has 0 spiro atoms. The molecule has 3 rings (SSSR count). The number of aryl methyl sites for hydroxylation is 1. The zero-order valence-electron chi connectivity index (χ0n) is 14.2. The van der Waals surface area contributed by atoms with E-state index in [-0.39, 0.29) is 12.3 Å². The van der Waals surface area contributed by atoms with Gasteiger partial charge in [-0.05, 0) is 12.8 Å². The highest BCUT2D eigenvalue weighted by Crippen LogP contribution is 2.34. The van der Waals surface area contributed by atoms with Crippen molar-refractivity contribution < 1.29 is 23.8 Å². The first-order valence-corrected chi connectivity index (χ1v) is 8.07. The molecule has 25 heavy (non-hydrogen) atoms. The molecule has 7 heteroatoms. The van der Waals surface area contributed by atoms with E-state index in [0.29, 0.717) is 31.0 Å². The van der Waals surface area contributed by atoms with Crippen LogP contribution in [0.1, 0.15) is 29.2 Å². The number of hydrogen-bond acceptors (Lipinski definition) is 5. The van der Waals surface area contributed by atoms with Gasteiger partial charge in [-0.15, -0.1) is 0 Å². The normalized spacial score (nSPS) is 20.0. The number of rotatable bonds is 5. The fraction of sp³-hybridized carbons (Fsp3) is 0.389. The van der Waals surface area contributed by atoms with Crippen molar-refractivity contribution in [3.05, 3.63) is 41.9 Å². The molecule has 1 aromatic heterocycles. The maximum atomic E-state index is 13.1. The second-order valence-electron chi connectivity index (χ2n) is 6.11. The molecular formula is C18H20N2O5. The Bertz CT molecular complexity index is 786. The van der Waals surface area contributed by atoms with E-state index in [9.17, 15) is 14.7 Å². The van der Waals surface area contributed by atoms with Crippen LogP contribution in [0.2, 0.25) is 0 Å². The number of carbonyl (C=O) groups is 2. The van der Waals surface area contributed by atoms with E-state index in [4.69, 9.17) is 9.15 Å². The molecular weight excluding hydrogens is 324 g/mol. The number of amides is 1. The summed E-state index contributed by atoms with van der Waals surface area (Å²) in [7, 11) is 1.43. The van der Waals surface area contributed by atoms with Gasteiger partial charge in [0.05, 0.1) is 6.61 Å². The molecule has 1 atom stereocenters. The molecule has 1 saturated heterocycles. The summed E-state index contributed by atoms with van der Waals surface area (Å²) in [6.45, 7) is 1.94. The Morgan fingerprint density at radius 3 is 2.72 bits per heavy atom. The lowest BCUT2D eigenvalue weighted by molar-refractivity contribution is -0.151. The molecule has 1 aromatic carbocycles. The summed E-state index contributed by atoms with van der Waals surface area (Å²) in [6.07, 6.45) is 0.943. The van der Waals surface area contributed by atoms with E-state index < -0.39 is 17.4 Å². The van der Waals surface area contributed by atoms with E-state index in [1.807, 2.05) is 30.3 Å². The number of likely N-dealkylation sites (tertiary alicyclic amines) is 1. The number of methoxy groups -OCH3 is 1. The predicted molar refractivity (Wildman–Crippen MR) is 89.2 cm³/mol. The highest BCUT2D eigenvalue weighted by Gasteiger charge is 2.51. The third-order valence-corrected chi connectivity index (χ3v) is 4.49. The van der Waals surface area contributed by atoms with Crippen molar-refractivity contribution in [2.45, 2.75) is 25.3 Å². The SMILES string of the molecule is COCC1(C(=O)O)CCCN1C(=O)c1nc(C)oc1-c1ccccc1. The highest BCUT2D eigenvalue weighted by molar-refractivity contribution is 6.01. The number of ether oxygens (including phenoxy) is 1. The summed E-state index contributed by atoms with van der Waals surface area (Å²) in [6, 6.07) is 9.18. The number of hydrogen-bond donors (Lipinski definition) is 1. The average molecular weight is 344 g/mol. The molecule has 2 aromatic rings. The monoisotopic (exact) mass is 344 g/mol. The third-order valence-electron chi connectivity index (χ3n) is 4.49. The van der Waals surface area contributed by atoms with Crippen molar-refractivity contribution >= 4 is 11.9 Å². The van der Waals surface area contributed by atoms with Crippen LogP contribution in [0.5, 0.6) is 0 Å². The van der Waals surface area contributed by atoms with Crippen molar-refractivity contribution in [2.75, 3.05) is 20.3 Å². The van der Waals surface area contributed by atoms with Gasteiger partial charge in [-0.3, -0.25) is 4.79 Å². The quantitative estimate of drug-likeness (QED) is 0.895. The fourth-order valence-electron chi connectivity index (χ4n) is 3.33. The molecule has 132 valence electrons. The molecule has 0 bridgehead atoms. The Hall–Kier alpha value is -2.67. The second-order valence-corrected chi connectivity index (χ2v) is 6.11. The van der Waals surface area contributed by atoms with Gasteiger partial charge < -0.3 is 19.2 Å². The van der Waals surface area contributed by atoms with E-state index >= 15 is 0 Å². The lowest BCUT2D eigenvalue weighted by atomic mass is 9.97. The molecule has 1 fully saturated rings. The highest BCUT2D eigenvalue weighted by atomic mass is 16.5. The zero-order chi connectivity index (χ0) is 18.0. The molecule has 2 heterocycles. The Kier molecular flexibility index (Phi) is 4.59. The van der Waals surface area contributed by atoms with Crippen LogP contribution in [0.3, 0.4) is 0 Å².